The second-order valence-corrected chi connectivity index (χ2v) is 7.55. The van der Waals surface area contributed by atoms with E-state index in [2.05, 4.69) is 22.8 Å². The van der Waals surface area contributed by atoms with E-state index in [9.17, 15) is 0 Å². The van der Waals surface area contributed by atoms with E-state index in [0.717, 1.165) is 45.1 Å². The minimum absolute atomic E-state index is 0.140. The van der Waals surface area contributed by atoms with E-state index in [1.165, 1.54) is 12.0 Å². The molecule has 4 nitrogen and oxygen atoms in total. The van der Waals surface area contributed by atoms with Crippen LogP contribution in [0.4, 0.5) is 0 Å². The topological polar surface area (TPSA) is 24.9 Å². The van der Waals surface area contributed by atoms with Crippen molar-refractivity contribution in [1.82, 2.24) is 9.80 Å². The molecule has 134 valence electrons. The summed E-state index contributed by atoms with van der Waals surface area (Å²) in [7, 11) is 0. The second kappa shape index (κ2) is 8.05. The molecule has 0 bridgehead atoms. The van der Waals surface area contributed by atoms with Crippen LogP contribution < -0.4 is 4.74 Å². The van der Waals surface area contributed by atoms with Gasteiger partial charge in [0.05, 0.1) is 24.3 Å². The van der Waals surface area contributed by atoms with Gasteiger partial charge in [0.2, 0.25) is 0 Å². The maximum atomic E-state index is 6.38. The molecule has 2 aliphatic heterocycles. The number of hydrogen-bond acceptors (Lipinski definition) is 4. The fourth-order valence-electron chi connectivity index (χ4n) is 3.83. The van der Waals surface area contributed by atoms with E-state index >= 15 is 0 Å². The molecule has 0 spiro atoms. The average Bonchev–Trinajstić information content (AvgIpc) is 2.91. The molecule has 0 unspecified atom stereocenters. The largest absolute Gasteiger partial charge is 0.489 e. The summed E-state index contributed by atoms with van der Waals surface area (Å²) in [5, 5.41) is 0.706. The fourth-order valence-corrected chi connectivity index (χ4v) is 4.08. The van der Waals surface area contributed by atoms with Gasteiger partial charge in [-0.1, -0.05) is 17.7 Å². The van der Waals surface area contributed by atoms with Crippen molar-refractivity contribution in [2.45, 2.75) is 51.9 Å². The summed E-state index contributed by atoms with van der Waals surface area (Å²) in [6.07, 6.45) is 1.38. The molecule has 0 radical (unpaired) electrons. The number of hydrogen-bond donors (Lipinski definition) is 0. The molecular weight excluding hydrogens is 324 g/mol. The summed E-state index contributed by atoms with van der Waals surface area (Å²) >= 11 is 6.38. The quantitative estimate of drug-likeness (QED) is 0.810. The molecule has 24 heavy (non-hydrogen) atoms. The number of nitrogens with zero attached hydrogens (tertiary/aromatic N) is 2. The Morgan fingerprint density at radius 1 is 1.25 bits per heavy atom. The summed E-state index contributed by atoms with van der Waals surface area (Å²) in [6.45, 7) is 12.3. The molecule has 1 aromatic rings. The van der Waals surface area contributed by atoms with Crippen LogP contribution in [-0.4, -0.2) is 60.8 Å². The van der Waals surface area contributed by atoms with E-state index in [-0.39, 0.29) is 6.10 Å². The lowest BCUT2D eigenvalue weighted by molar-refractivity contribution is 0.00984. The average molecular weight is 353 g/mol. The Balaban J connectivity index is 1.61. The SMILES string of the molecule is CC(C)Oc1ccc(CN2CC[C@@H](N3CCOCC3)[C@H]2C)cc1Cl. The lowest BCUT2D eigenvalue weighted by Gasteiger charge is -2.36. The number of benzene rings is 1. The lowest BCUT2D eigenvalue weighted by Crippen LogP contribution is -2.48. The normalized spacial score (nSPS) is 26.2. The van der Waals surface area contributed by atoms with Gasteiger partial charge in [-0.05, 0) is 44.9 Å². The molecule has 0 saturated carbocycles. The number of ether oxygens (including phenoxy) is 2. The molecule has 2 aliphatic rings. The van der Waals surface area contributed by atoms with Crippen molar-refractivity contribution >= 4 is 11.6 Å². The molecule has 3 rings (SSSR count). The molecule has 2 saturated heterocycles. The first-order valence-corrected chi connectivity index (χ1v) is 9.43. The van der Waals surface area contributed by atoms with Crippen LogP contribution in [0, 0.1) is 0 Å². The lowest BCUT2D eigenvalue weighted by atomic mass is 10.1. The van der Waals surface area contributed by atoms with Crippen molar-refractivity contribution < 1.29 is 9.47 Å². The predicted octanol–water partition coefficient (Wildman–Crippen LogP) is 3.42. The van der Waals surface area contributed by atoms with Gasteiger partial charge in [0, 0.05) is 38.3 Å². The molecular formula is C19H29ClN2O2. The van der Waals surface area contributed by atoms with E-state index in [0.29, 0.717) is 17.1 Å². The highest BCUT2D eigenvalue weighted by atomic mass is 35.5. The summed E-state index contributed by atoms with van der Waals surface area (Å²) in [6, 6.07) is 7.39. The molecule has 2 heterocycles. The smallest absolute Gasteiger partial charge is 0.138 e. The van der Waals surface area contributed by atoms with Crippen molar-refractivity contribution in [1.29, 1.82) is 0 Å². The van der Waals surface area contributed by atoms with Gasteiger partial charge >= 0.3 is 0 Å². The van der Waals surface area contributed by atoms with E-state index in [4.69, 9.17) is 21.1 Å². The van der Waals surface area contributed by atoms with Gasteiger partial charge < -0.3 is 9.47 Å². The highest BCUT2D eigenvalue weighted by Crippen LogP contribution is 2.29. The monoisotopic (exact) mass is 352 g/mol. The third-order valence-electron chi connectivity index (χ3n) is 5.10. The van der Waals surface area contributed by atoms with Gasteiger partial charge in [0.25, 0.3) is 0 Å². The summed E-state index contributed by atoms with van der Waals surface area (Å²) in [5.41, 5.74) is 1.26. The van der Waals surface area contributed by atoms with Crippen molar-refractivity contribution in [2.24, 2.45) is 0 Å². The van der Waals surface area contributed by atoms with Gasteiger partial charge in [-0.3, -0.25) is 9.80 Å². The van der Waals surface area contributed by atoms with Crippen LogP contribution in [0.25, 0.3) is 0 Å². The third kappa shape index (κ3) is 4.23. The minimum atomic E-state index is 0.140. The zero-order valence-electron chi connectivity index (χ0n) is 15.0. The maximum absolute atomic E-state index is 6.38. The Bertz CT molecular complexity index is 546. The molecule has 0 aliphatic carbocycles. The van der Waals surface area contributed by atoms with Crippen molar-refractivity contribution in [3.63, 3.8) is 0 Å². The molecule has 2 atom stereocenters. The molecule has 0 aromatic heterocycles. The molecule has 0 amide bonds. The van der Waals surface area contributed by atoms with E-state index in [1.807, 2.05) is 26.0 Å². The third-order valence-corrected chi connectivity index (χ3v) is 5.40. The van der Waals surface area contributed by atoms with Crippen LogP contribution >= 0.6 is 11.6 Å². The van der Waals surface area contributed by atoms with E-state index in [1.54, 1.807) is 0 Å². The van der Waals surface area contributed by atoms with Crippen LogP contribution in [-0.2, 0) is 11.3 Å². The molecule has 2 fully saturated rings. The number of halogens is 1. The fraction of sp³-hybridized carbons (Fsp3) is 0.684. The predicted molar refractivity (Wildman–Crippen MR) is 97.9 cm³/mol. The Labute approximate surface area is 150 Å². The van der Waals surface area contributed by atoms with Crippen molar-refractivity contribution in [2.75, 3.05) is 32.8 Å². The molecule has 1 aromatic carbocycles. The first-order chi connectivity index (χ1) is 11.5. The van der Waals surface area contributed by atoms with Gasteiger partial charge in [-0.2, -0.15) is 0 Å². The summed E-state index contributed by atoms with van der Waals surface area (Å²) < 4.78 is 11.2. The van der Waals surface area contributed by atoms with Crippen molar-refractivity contribution in [3.8, 4) is 5.75 Å². The Kier molecular flexibility index (Phi) is 6.03. The maximum Gasteiger partial charge on any atom is 0.138 e. The van der Waals surface area contributed by atoms with Gasteiger partial charge in [0.1, 0.15) is 5.75 Å². The van der Waals surface area contributed by atoms with Crippen LogP contribution in [0.15, 0.2) is 18.2 Å². The number of rotatable bonds is 5. The number of morpholine rings is 1. The van der Waals surface area contributed by atoms with E-state index < -0.39 is 0 Å². The zero-order valence-corrected chi connectivity index (χ0v) is 15.8. The van der Waals surface area contributed by atoms with Crippen LogP contribution in [0.5, 0.6) is 5.75 Å². The first kappa shape index (κ1) is 18.0. The second-order valence-electron chi connectivity index (χ2n) is 7.15. The highest BCUT2D eigenvalue weighted by Gasteiger charge is 2.35. The summed E-state index contributed by atoms with van der Waals surface area (Å²) in [4.78, 5) is 5.16. The van der Waals surface area contributed by atoms with Crippen LogP contribution in [0.3, 0.4) is 0 Å². The van der Waals surface area contributed by atoms with Crippen LogP contribution in [0.1, 0.15) is 32.8 Å². The van der Waals surface area contributed by atoms with Gasteiger partial charge in [-0.25, -0.2) is 0 Å². The standard InChI is InChI=1S/C19H29ClN2O2/c1-14(2)24-19-5-4-16(12-17(19)20)13-22-7-6-18(15(22)3)21-8-10-23-11-9-21/h4-5,12,14-15,18H,6-11,13H2,1-3H3/t15-,18-/m1/s1. The summed E-state index contributed by atoms with van der Waals surface area (Å²) in [5.74, 6) is 0.774. The first-order valence-electron chi connectivity index (χ1n) is 9.05. The zero-order chi connectivity index (χ0) is 17.1. The molecule has 5 heteroatoms. The van der Waals surface area contributed by atoms with Crippen molar-refractivity contribution in [3.05, 3.63) is 28.8 Å². The highest BCUT2D eigenvalue weighted by molar-refractivity contribution is 6.32. The van der Waals surface area contributed by atoms with Gasteiger partial charge in [-0.15, -0.1) is 0 Å². The number of likely N-dealkylation sites (tertiary alicyclic amines) is 1. The van der Waals surface area contributed by atoms with Gasteiger partial charge in [0.15, 0.2) is 0 Å². The Hall–Kier alpha value is -0.810. The Morgan fingerprint density at radius 2 is 2.00 bits per heavy atom. The minimum Gasteiger partial charge on any atom is -0.489 e. The van der Waals surface area contributed by atoms with Crippen LogP contribution in [0.2, 0.25) is 5.02 Å². The molecule has 0 N–H and O–H groups in total. The Morgan fingerprint density at radius 3 is 2.67 bits per heavy atom.